The molecule has 0 unspecified atom stereocenters. The first kappa shape index (κ1) is 12.2. The van der Waals surface area contributed by atoms with Gasteiger partial charge in [0.25, 0.3) is 5.91 Å². The summed E-state index contributed by atoms with van der Waals surface area (Å²) in [7, 11) is 0. The monoisotopic (exact) mass is 266 g/mol. The largest absolute Gasteiger partial charge is 0.460 e. The zero-order chi connectivity index (χ0) is 13.0. The van der Waals surface area contributed by atoms with Crippen molar-refractivity contribution in [2.75, 3.05) is 11.9 Å². The van der Waals surface area contributed by atoms with Crippen LogP contribution in [0.4, 0.5) is 5.95 Å². The lowest BCUT2D eigenvalue weighted by Crippen LogP contribution is -2.11. The normalized spacial score (nSPS) is 10.1. The maximum atomic E-state index is 11.7. The van der Waals surface area contributed by atoms with Crippen molar-refractivity contribution in [2.24, 2.45) is 0 Å². The van der Waals surface area contributed by atoms with Gasteiger partial charge in [-0.15, -0.1) is 16.4 Å². The van der Waals surface area contributed by atoms with Crippen LogP contribution < -0.4 is 5.32 Å². The van der Waals surface area contributed by atoms with Crippen molar-refractivity contribution >= 4 is 29.2 Å². The Morgan fingerprint density at radius 3 is 3.06 bits per heavy atom. The van der Waals surface area contributed by atoms with Gasteiger partial charge in [0.1, 0.15) is 0 Å². The molecular weight excluding hydrogens is 256 g/mol. The highest BCUT2D eigenvalue weighted by Gasteiger charge is 2.15. The first-order valence-corrected chi connectivity index (χ1v) is 6.03. The number of nitrogens with zero attached hydrogens (tertiary/aromatic N) is 2. The number of anilines is 1. The Hall–Kier alpha value is -2.22. The molecular formula is C10H10N4O3S. The molecule has 2 N–H and O–H groups in total. The van der Waals surface area contributed by atoms with Crippen LogP contribution in [0.25, 0.3) is 0 Å². The third-order valence-electron chi connectivity index (χ3n) is 1.92. The van der Waals surface area contributed by atoms with Crippen molar-refractivity contribution in [3.05, 3.63) is 28.2 Å². The smallest absolute Gasteiger partial charge is 0.375 e. The Morgan fingerprint density at radius 2 is 2.39 bits per heavy atom. The quantitative estimate of drug-likeness (QED) is 0.813. The van der Waals surface area contributed by atoms with E-state index in [9.17, 15) is 9.59 Å². The van der Waals surface area contributed by atoms with Gasteiger partial charge in [-0.3, -0.25) is 15.2 Å². The van der Waals surface area contributed by atoms with Crippen molar-refractivity contribution in [2.45, 2.75) is 6.92 Å². The van der Waals surface area contributed by atoms with Crippen molar-refractivity contribution in [3.8, 4) is 0 Å². The van der Waals surface area contributed by atoms with Crippen LogP contribution in [0.3, 0.4) is 0 Å². The Labute approximate surface area is 106 Å². The predicted octanol–water partition coefficient (Wildman–Crippen LogP) is 1.30. The number of hydrogen-bond acceptors (Lipinski definition) is 6. The molecule has 0 aliphatic rings. The van der Waals surface area contributed by atoms with E-state index in [-0.39, 0.29) is 24.3 Å². The number of carbonyl (C=O) groups is 2. The molecule has 2 aromatic rings. The SMILES string of the molecule is CCOC(=O)c1nc(NC(=O)c2cccs2)n[nH]1. The molecule has 18 heavy (non-hydrogen) atoms. The topological polar surface area (TPSA) is 97.0 Å². The van der Waals surface area contributed by atoms with E-state index in [1.165, 1.54) is 11.3 Å². The van der Waals surface area contributed by atoms with Gasteiger partial charge in [0, 0.05) is 0 Å². The summed E-state index contributed by atoms with van der Waals surface area (Å²) in [6, 6.07) is 3.44. The molecule has 0 bridgehead atoms. The number of carbonyl (C=O) groups excluding carboxylic acids is 2. The number of aromatic amines is 1. The van der Waals surface area contributed by atoms with E-state index in [4.69, 9.17) is 4.74 Å². The molecule has 1 amide bonds. The highest BCUT2D eigenvalue weighted by Crippen LogP contribution is 2.10. The van der Waals surface area contributed by atoms with Crippen LogP contribution in [0.15, 0.2) is 17.5 Å². The summed E-state index contributed by atoms with van der Waals surface area (Å²) in [5, 5.41) is 10.4. The summed E-state index contributed by atoms with van der Waals surface area (Å²) in [4.78, 5) is 27.3. The lowest BCUT2D eigenvalue weighted by molar-refractivity contribution is 0.0512. The van der Waals surface area contributed by atoms with Crippen LogP contribution >= 0.6 is 11.3 Å². The number of amides is 1. The summed E-state index contributed by atoms with van der Waals surface area (Å²) in [6.45, 7) is 1.93. The minimum absolute atomic E-state index is 0.0384. The maximum Gasteiger partial charge on any atom is 0.375 e. The highest BCUT2D eigenvalue weighted by molar-refractivity contribution is 7.12. The molecule has 0 spiro atoms. The highest BCUT2D eigenvalue weighted by atomic mass is 32.1. The first-order chi connectivity index (χ1) is 8.70. The average Bonchev–Trinajstić information content (AvgIpc) is 2.99. The zero-order valence-electron chi connectivity index (χ0n) is 9.47. The van der Waals surface area contributed by atoms with Crippen molar-refractivity contribution in [1.82, 2.24) is 15.2 Å². The van der Waals surface area contributed by atoms with Crippen LogP contribution in [-0.2, 0) is 4.74 Å². The Morgan fingerprint density at radius 1 is 1.56 bits per heavy atom. The molecule has 2 aromatic heterocycles. The Balaban J connectivity index is 2.03. The second-order valence-electron chi connectivity index (χ2n) is 3.16. The van der Waals surface area contributed by atoms with E-state index in [1.807, 2.05) is 0 Å². The van der Waals surface area contributed by atoms with Gasteiger partial charge in [-0.1, -0.05) is 6.07 Å². The van der Waals surface area contributed by atoms with E-state index < -0.39 is 5.97 Å². The number of ether oxygens (including phenoxy) is 1. The minimum atomic E-state index is -0.610. The summed E-state index contributed by atoms with van der Waals surface area (Å²) in [5.41, 5.74) is 0. The van der Waals surface area contributed by atoms with Crippen LogP contribution in [0.2, 0.25) is 0 Å². The molecule has 2 heterocycles. The standard InChI is InChI=1S/C10H10N4O3S/c1-2-17-9(16)7-11-10(14-13-7)12-8(15)6-4-3-5-18-6/h3-5H,2H2,1H3,(H2,11,12,13,14,15). The number of rotatable bonds is 4. The van der Waals surface area contributed by atoms with Crippen molar-refractivity contribution < 1.29 is 14.3 Å². The van der Waals surface area contributed by atoms with E-state index in [0.717, 1.165) is 0 Å². The lowest BCUT2D eigenvalue weighted by Gasteiger charge is -1.96. The minimum Gasteiger partial charge on any atom is -0.460 e. The number of hydrogen-bond donors (Lipinski definition) is 2. The van der Waals surface area contributed by atoms with Gasteiger partial charge in [0.15, 0.2) is 0 Å². The van der Waals surface area contributed by atoms with Crippen molar-refractivity contribution in [3.63, 3.8) is 0 Å². The van der Waals surface area contributed by atoms with Gasteiger partial charge in [-0.25, -0.2) is 4.79 Å². The fourth-order valence-electron chi connectivity index (χ4n) is 1.18. The van der Waals surface area contributed by atoms with E-state index >= 15 is 0 Å². The third-order valence-corrected chi connectivity index (χ3v) is 2.79. The molecule has 0 atom stereocenters. The van der Waals surface area contributed by atoms with Gasteiger partial charge in [0.2, 0.25) is 11.8 Å². The molecule has 0 aromatic carbocycles. The fourth-order valence-corrected chi connectivity index (χ4v) is 1.80. The van der Waals surface area contributed by atoms with Gasteiger partial charge in [-0.05, 0) is 18.4 Å². The number of nitrogens with one attached hydrogen (secondary N) is 2. The first-order valence-electron chi connectivity index (χ1n) is 5.15. The van der Waals surface area contributed by atoms with Gasteiger partial charge >= 0.3 is 5.97 Å². The summed E-state index contributed by atoms with van der Waals surface area (Å²) < 4.78 is 4.74. The number of aromatic nitrogens is 3. The van der Waals surface area contributed by atoms with E-state index in [1.54, 1.807) is 24.4 Å². The summed E-state index contributed by atoms with van der Waals surface area (Å²) >= 11 is 1.30. The second kappa shape index (κ2) is 5.41. The number of esters is 1. The molecule has 0 saturated carbocycles. The van der Waals surface area contributed by atoms with Crippen LogP contribution in [-0.4, -0.2) is 33.7 Å². The Bertz CT molecular complexity index is 549. The molecule has 0 fully saturated rings. The molecule has 94 valence electrons. The summed E-state index contributed by atoms with van der Waals surface area (Å²) in [6.07, 6.45) is 0. The Kier molecular flexibility index (Phi) is 3.68. The maximum absolute atomic E-state index is 11.7. The average molecular weight is 266 g/mol. The van der Waals surface area contributed by atoms with Gasteiger partial charge in [0.05, 0.1) is 11.5 Å². The predicted molar refractivity (Wildman–Crippen MR) is 64.6 cm³/mol. The molecule has 0 saturated heterocycles. The van der Waals surface area contributed by atoms with Crippen molar-refractivity contribution in [1.29, 1.82) is 0 Å². The molecule has 2 rings (SSSR count). The summed E-state index contributed by atoms with van der Waals surface area (Å²) in [5.74, 6) is -0.934. The van der Waals surface area contributed by atoms with Crippen LogP contribution in [0, 0.1) is 0 Å². The van der Waals surface area contributed by atoms with Gasteiger partial charge in [-0.2, -0.15) is 4.98 Å². The van der Waals surface area contributed by atoms with Crippen LogP contribution in [0.1, 0.15) is 27.2 Å². The van der Waals surface area contributed by atoms with E-state index in [2.05, 4.69) is 20.5 Å². The molecule has 7 nitrogen and oxygen atoms in total. The zero-order valence-corrected chi connectivity index (χ0v) is 10.3. The molecule has 8 heteroatoms. The molecule has 0 radical (unpaired) electrons. The lowest BCUT2D eigenvalue weighted by atomic mass is 10.4. The molecule has 0 aliphatic heterocycles. The fraction of sp³-hybridized carbons (Fsp3) is 0.200. The van der Waals surface area contributed by atoms with E-state index in [0.29, 0.717) is 4.88 Å². The second-order valence-corrected chi connectivity index (χ2v) is 4.11. The third kappa shape index (κ3) is 2.72. The van der Waals surface area contributed by atoms with Gasteiger partial charge < -0.3 is 4.74 Å². The number of thiophene rings is 1. The molecule has 0 aliphatic carbocycles. The van der Waals surface area contributed by atoms with Crippen LogP contribution in [0.5, 0.6) is 0 Å². The number of H-pyrrole nitrogens is 1.